The monoisotopic (exact) mass is 378 g/mol. The van der Waals surface area contributed by atoms with Crippen LogP contribution in [0, 0.1) is 0 Å². The van der Waals surface area contributed by atoms with Gasteiger partial charge in [0.2, 0.25) is 0 Å². The standard InChI is InChI=1S/C19H23I/c1-3-17(19-7-5-4-6-8-19)13-15(2)18-11-9-16(14-20)10-12-18/h4-12,15,17H,3,13-14H2,1-2H3. The van der Waals surface area contributed by atoms with E-state index in [-0.39, 0.29) is 0 Å². The van der Waals surface area contributed by atoms with Crippen molar-refractivity contribution in [3.05, 3.63) is 71.3 Å². The van der Waals surface area contributed by atoms with E-state index in [1.54, 1.807) is 0 Å². The Bertz CT molecular complexity index is 501. The molecule has 0 aliphatic heterocycles. The van der Waals surface area contributed by atoms with E-state index in [0.717, 1.165) is 4.43 Å². The third-order valence-electron chi connectivity index (χ3n) is 4.10. The molecule has 0 saturated heterocycles. The summed E-state index contributed by atoms with van der Waals surface area (Å²) in [6.07, 6.45) is 2.43. The summed E-state index contributed by atoms with van der Waals surface area (Å²) in [4.78, 5) is 0. The van der Waals surface area contributed by atoms with Gasteiger partial charge < -0.3 is 0 Å². The molecule has 0 aromatic heterocycles. The van der Waals surface area contributed by atoms with Crippen LogP contribution in [0.5, 0.6) is 0 Å². The smallest absolute Gasteiger partial charge is 0.0247 e. The van der Waals surface area contributed by atoms with E-state index in [1.807, 2.05) is 0 Å². The molecule has 2 aromatic carbocycles. The lowest BCUT2D eigenvalue weighted by atomic mass is 9.84. The fourth-order valence-corrected chi connectivity index (χ4v) is 3.27. The Morgan fingerprint density at radius 3 is 2.10 bits per heavy atom. The van der Waals surface area contributed by atoms with E-state index in [2.05, 4.69) is 91.0 Å². The van der Waals surface area contributed by atoms with E-state index in [0.29, 0.717) is 11.8 Å². The number of hydrogen-bond donors (Lipinski definition) is 0. The number of alkyl halides is 1. The number of benzene rings is 2. The van der Waals surface area contributed by atoms with Gasteiger partial charge >= 0.3 is 0 Å². The zero-order chi connectivity index (χ0) is 14.4. The summed E-state index contributed by atoms with van der Waals surface area (Å²) in [5.74, 6) is 1.28. The van der Waals surface area contributed by atoms with Crippen molar-refractivity contribution < 1.29 is 0 Å². The average Bonchev–Trinajstić information content (AvgIpc) is 2.53. The first-order valence-corrected chi connectivity index (χ1v) is 8.96. The second-order valence-corrected chi connectivity index (χ2v) is 6.29. The first kappa shape index (κ1) is 15.6. The molecule has 0 fully saturated rings. The first-order valence-electron chi connectivity index (χ1n) is 7.44. The van der Waals surface area contributed by atoms with Gasteiger partial charge in [0, 0.05) is 4.43 Å². The quantitative estimate of drug-likeness (QED) is 0.408. The van der Waals surface area contributed by atoms with E-state index in [9.17, 15) is 0 Å². The predicted molar refractivity (Wildman–Crippen MR) is 96.7 cm³/mol. The normalized spacial score (nSPS) is 13.9. The fourth-order valence-electron chi connectivity index (χ4n) is 2.76. The van der Waals surface area contributed by atoms with Gasteiger partial charge in [0.1, 0.15) is 0 Å². The van der Waals surface area contributed by atoms with Crippen molar-refractivity contribution in [3.8, 4) is 0 Å². The van der Waals surface area contributed by atoms with Gasteiger partial charge in [-0.15, -0.1) is 0 Å². The van der Waals surface area contributed by atoms with E-state index < -0.39 is 0 Å². The molecule has 0 saturated carbocycles. The number of rotatable bonds is 6. The minimum Gasteiger partial charge on any atom is -0.0812 e. The maximum Gasteiger partial charge on any atom is 0.0247 e. The predicted octanol–water partition coefficient (Wildman–Crippen LogP) is 6.31. The van der Waals surface area contributed by atoms with Crippen molar-refractivity contribution in [1.29, 1.82) is 0 Å². The Morgan fingerprint density at radius 2 is 1.55 bits per heavy atom. The molecule has 106 valence electrons. The van der Waals surface area contributed by atoms with Crippen molar-refractivity contribution in [2.45, 2.75) is 43.0 Å². The van der Waals surface area contributed by atoms with Crippen LogP contribution < -0.4 is 0 Å². The van der Waals surface area contributed by atoms with Gasteiger partial charge in [-0.2, -0.15) is 0 Å². The summed E-state index contributed by atoms with van der Waals surface area (Å²) in [5.41, 5.74) is 4.36. The summed E-state index contributed by atoms with van der Waals surface area (Å²) < 4.78 is 1.09. The van der Waals surface area contributed by atoms with Crippen molar-refractivity contribution >= 4 is 22.6 Å². The molecule has 20 heavy (non-hydrogen) atoms. The Labute approximate surface area is 136 Å². The van der Waals surface area contributed by atoms with Crippen LogP contribution in [-0.4, -0.2) is 0 Å². The zero-order valence-electron chi connectivity index (χ0n) is 12.4. The maximum atomic E-state index is 2.42. The molecule has 0 radical (unpaired) electrons. The van der Waals surface area contributed by atoms with Crippen LogP contribution >= 0.6 is 22.6 Å². The highest BCUT2D eigenvalue weighted by molar-refractivity contribution is 14.1. The van der Waals surface area contributed by atoms with E-state index >= 15 is 0 Å². The third kappa shape index (κ3) is 4.08. The van der Waals surface area contributed by atoms with Crippen LogP contribution in [-0.2, 0) is 4.43 Å². The Morgan fingerprint density at radius 1 is 0.900 bits per heavy atom. The van der Waals surface area contributed by atoms with Crippen molar-refractivity contribution in [3.63, 3.8) is 0 Å². The van der Waals surface area contributed by atoms with Crippen molar-refractivity contribution in [2.24, 2.45) is 0 Å². The molecular formula is C19H23I. The highest BCUT2D eigenvalue weighted by atomic mass is 127. The molecule has 0 aliphatic rings. The molecule has 0 bridgehead atoms. The molecular weight excluding hydrogens is 355 g/mol. The minimum absolute atomic E-state index is 0.614. The molecule has 0 heterocycles. The number of hydrogen-bond acceptors (Lipinski definition) is 0. The van der Waals surface area contributed by atoms with Gasteiger partial charge in [0.15, 0.2) is 0 Å². The highest BCUT2D eigenvalue weighted by Crippen LogP contribution is 2.32. The van der Waals surface area contributed by atoms with Crippen LogP contribution in [0.3, 0.4) is 0 Å². The Balaban J connectivity index is 2.06. The second kappa shape index (κ2) is 7.82. The van der Waals surface area contributed by atoms with Gasteiger partial charge in [-0.3, -0.25) is 0 Å². The van der Waals surface area contributed by atoms with Crippen LogP contribution in [0.25, 0.3) is 0 Å². The van der Waals surface area contributed by atoms with Crippen LogP contribution in [0.2, 0.25) is 0 Å². The van der Waals surface area contributed by atoms with E-state index in [1.165, 1.54) is 29.5 Å². The highest BCUT2D eigenvalue weighted by Gasteiger charge is 2.14. The molecule has 2 aromatic rings. The van der Waals surface area contributed by atoms with Gasteiger partial charge in [0.25, 0.3) is 0 Å². The first-order chi connectivity index (χ1) is 9.74. The average molecular weight is 378 g/mol. The molecule has 0 nitrogen and oxygen atoms in total. The largest absolute Gasteiger partial charge is 0.0812 e. The molecule has 0 amide bonds. The molecule has 0 spiro atoms. The molecule has 1 heteroatoms. The van der Waals surface area contributed by atoms with Gasteiger partial charge in [-0.05, 0) is 41.4 Å². The van der Waals surface area contributed by atoms with Crippen LogP contribution in [0.1, 0.15) is 55.2 Å². The summed E-state index contributed by atoms with van der Waals surface area (Å²) in [5, 5.41) is 0. The lowest BCUT2D eigenvalue weighted by molar-refractivity contribution is 0.544. The number of halogens is 1. The summed E-state index contributed by atoms with van der Waals surface area (Å²) in [7, 11) is 0. The Hall–Kier alpha value is -0.830. The molecule has 2 rings (SSSR count). The Kier molecular flexibility index (Phi) is 6.08. The lowest BCUT2D eigenvalue weighted by Crippen LogP contribution is -2.03. The SMILES string of the molecule is CCC(CC(C)c1ccc(CI)cc1)c1ccccc1. The summed E-state index contributed by atoms with van der Waals surface area (Å²) >= 11 is 2.42. The molecule has 2 unspecified atom stereocenters. The summed E-state index contributed by atoms with van der Waals surface area (Å²) in [6.45, 7) is 4.65. The fraction of sp³-hybridized carbons (Fsp3) is 0.368. The van der Waals surface area contributed by atoms with Crippen LogP contribution in [0.4, 0.5) is 0 Å². The summed E-state index contributed by atoms with van der Waals surface area (Å²) in [6, 6.07) is 20.1. The van der Waals surface area contributed by atoms with Gasteiger partial charge in [-0.1, -0.05) is 91.0 Å². The molecule has 0 N–H and O–H groups in total. The zero-order valence-corrected chi connectivity index (χ0v) is 14.5. The van der Waals surface area contributed by atoms with Crippen molar-refractivity contribution in [1.82, 2.24) is 0 Å². The van der Waals surface area contributed by atoms with Crippen LogP contribution in [0.15, 0.2) is 54.6 Å². The van der Waals surface area contributed by atoms with Gasteiger partial charge in [-0.25, -0.2) is 0 Å². The minimum atomic E-state index is 0.614. The van der Waals surface area contributed by atoms with Crippen molar-refractivity contribution in [2.75, 3.05) is 0 Å². The lowest BCUT2D eigenvalue weighted by Gasteiger charge is -2.20. The second-order valence-electron chi connectivity index (χ2n) is 5.53. The maximum absolute atomic E-state index is 2.42. The van der Waals surface area contributed by atoms with E-state index in [4.69, 9.17) is 0 Å². The van der Waals surface area contributed by atoms with Gasteiger partial charge in [0.05, 0.1) is 0 Å². The third-order valence-corrected chi connectivity index (χ3v) is 4.99. The molecule has 2 atom stereocenters. The molecule has 0 aliphatic carbocycles. The topological polar surface area (TPSA) is 0 Å².